The number of aromatic nitrogens is 1. The minimum atomic E-state index is -0.702. The first-order valence-electron chi connectivity index (χ1n) is 5.84. The fourth-order valence-electron chi connectivity index (χ4n) is 1.72. The van der Waals surface area contributed by atoms with Gasteiger partial charge in [0.25, 0.3) is 5.91 Å². The summed E-state index contributed by atoms with van der Waals surface area (Å²) in [6.07, 6.45) is 1.32. The zero-order valence-electron chi connectivity index (χ0n) is 10.5. The molecule has 1 N–H and O–H groups in total. The summed E-state index contributed by atoms with van der Waals surface area (Å²) >= 11 is 5.63. The molecule has 0 aliphatic heterocycles. The monoisotopic (exact) mass is 296 g/mol. The van der Waals surface area contributed by atoms with Gasteiger partial charge in [-0.25, -0.2) is 13.8 Å². The van der Waals surface area contributed by atoms with Crippen molar-refractivity contribution in [3.05, 3.63) is 64.4 Å². The van der Waals surface area contributed by atoms with Gasteiger partial charge >= 0.3 is 0 Å². The van der Waals surface area contributed by atoms with E-state index < -0.39 is 23.6 Å². The number of rotatable bonds is 3. The van der Waals surface area contributed by atoms with Crippen molar-refractivity contribution in [3.63, 3.8) is 0 Å². The van der Waals surface area contributed by atoms with E-state index in [1.165, 1.54) is 24.4 Å². The Balaban J connectivity index is 2.12. The Morgan fingerprint density at radius 2 is 2.05 bits per heavy atom. The maximum absolute atomic E-state index is 13.6. The molecule has 2 rings (SSSR count). The Morgan fingerprint density at radius 3 is 2.65 bits per heavy atom. The van der Waals surface area contributed by atoms with Gasteiger partial charge in [-0.3, -0.25) is 4.79 Å². The second kappa shape index (κ2) is 5.96. The summed E-state index contributed by atoms with van der Waals surface area (Å²) in [5.41, 5.74) is 0.519. The molecule has 1 atom stereocenters. The van der Waals surface area contributed by atoms with Crippen LogP contribution >= 0.6 is 11.6 Å². The zero-order valence-corrected chi connectivity index (χ0v) is 11.3. The lowest BCUT2D eigenvalue weighted by Gasteiger charge is -2.15. The fourth-order valence-corrected chi connectivity index (χ4v) is 1.83. The third kappa shape index (κ3) is 3.30. The van der Waals surface area contributed by atoms with Crippen molar-refractivity contribution in [2.24, 2.45) is 0 Å². The Morgan fingerprint density at radius 1 is 1.30 bits per heavy atom. The first-order chi connectivity index (χ1) is 9.47. The van der Waals surface area contributed by atoms with Crippen LogP contribution in [-0.2, 0) is 0 Å². The lowest BCUT2D eigenvalue weighted by molar-refractivity contribution is 0.0939. The molecule has 0 aliphatic carbocycles. The Bertz CT molecular complexity index is 632. The van der Waals surface area contributed by atoms with Crippen molar-refractivity contribution in [3.8, 4) is 0 Å². The first-order valence-corrected chi connectivity index (χ1v) is 6.22. The van der Waals surface area contributed by atoms with E-state index in [2.05, 4.69) is 10.3 Å². The average molecular weight is 297 g/mol. The van der Waals surface area contributed by atoms with Gasteiger partial charge in [0, 0.05) is 17.8 Å². The molecule has 0 unspecified atom stereocenters. The molecule has 0 radical (unpaired) electrons. The van der Waals surface area contributed by atoms with Gasteiger partial charge < -0.3 is 5.32 Å². The summed E-state index contributed by atoms with van der Waals surface area (Å²) in [6.45, 7) is 1.61. The summed E-state index contributed by atoms with van der Waals surface area (Å²) in [5, 5.41) is 2.88. The number of hydrogen-bond donors (Lipinski definition) is 1. The van der Waals surface area contributed by atoms with Gasteiger partial charge in [-0.2, -0.15) is 0 Å². The van der Waals surface area contributed by atoms with Gasteiger partial charge in [0.1, 0.15) is 16.8 Å². The molecule has 0 spiro atoms. The molecular formula is C14H11ClF2N2O. The van der Waals surface area contributed by atoms with Crippen LogP contribution in [0.5, 0.6) is 0 Å². The minimum Gasteiger partial charge on any atom is -0.345 e. The molecule has 0 saturated carbocycles. The van der Waals surface area contributed by atoms with E-state index in [-0.39, 0.29) is 10.7 Å². The molecular weight excluding hydrogens is 286 g/mol. The molecule has 104 valence electrons. The van der Waals surface area contributed by atoms with Crippen LogP contribution < -0.4 is 5.32 Å². The highest BCUT2D eigenvalue weighted by Crippen LogP contribution is 2.18. The Labute approximate surface area is 119 Å². The molecule has 1 amide bonds. The topological polar surface area (TPSA) is 42.0 Å². The van der Waals surface area contributed by atoms with Crippen molar-refractivity contribution in [2.45, 2.75) is 13.0 Å². The van der Waals surface area contributed by atoms with Gasteiger partial charge in [0.05, 0.1) is 11.6 Å². The number of halogens is 3. The van der Waals surface area contributed by atoms with E-state index in [1.807, 2.05) is 0 Å². The predicted molar refractivity (Wildman–Crippen MR) is 71.5 cm³/mol. The van der Waals surface area contributed by atoms with E-state index in [0.717, 1.165) is 12.1 Å². The van der Waals surface area contributed by atoms with E-state index in [9.17, 15) is 13.6 Å². The molecule has 2 aromatic rings. The second-order valence-electron chi connectivity index (χ2n) is 4.23. The number of nitrogens with one attached hydrogen (secondary N) is 1. The molecule has 1 aromatic heterocycles. The standard InChI is InChI=1S/C14H11ClF2N2O/c1-8(11-4-3-10(16)6-12(11)17)19-14(20)9-2-5-13(15)18-7-9/h2-8H,1H3,(H,19,20)/t8-/m0/s1. The van der Waals surface area contributed by atoms with Gasteiger partial charge in [0.15, 0.2) is 0 Å². The highest BCUT2D eigenvalue weighted by Gasteiger charge is 2.15. The maximum Gasteiger partial charge on any atom is 0.253 e. The third-order valence-corrected chi connectivity index (χ3v) is 2.99. The van der Waals surface area contributed by atoms with Crippen LogP contribution in [0.15, 0.2) is 36.5 Å². The molecule has 6 heteroatoms. The van der Waals surface area contributed by atoms with Gasteiger partial charge in [0.2, 0.25) is 0 Å². The molecule has 1 aromatic carbocycles. The minimum absolute atomic E-state index is 0.210. The zero-order chi connectivity index (χ0) is 14.7. The smallest absolute Gasteiger partial charge is 0.253 e. The Kier molecular flexibility index (Phi) is 4.29. The van der Waals surface area contributed by atoms with Crippen LogP contribution in [0.4, 0.5) is 8.78 Å². The molecule has 3 nitrogen and oxygen atoms in total. The van der Waals surface area contributed by atoms with Crippen LogP contribution in [0, 0.1) is 11.6 Å². The molecule has 0 bridgehead atoms. The summed E-state index contributed by atoms with van der Waals surface area (Å²) < 4.78 is 26.4. The van der Waals surface area contributed by atoms with Gasteiger partial charge in [-0.1, -0.05) is 17.7 Å². The van der Waals surface area contributed by atoms with Crippen molar-refractivity contribution < 1.29 is 13.6 Å². The van der Waals surface area contributed by atoms with E-state index >= 15 is 0 Å². The normalized spacial score (nSPS) is 12.0. The van der Waals surface area contributed by atoms with Crippen LogP contribution in [0.25, 0.3) is 0 Å². The lowest BCUT2D eigenvalue weighted by Crippen LogP contribution is -2.27. The van der Waals surface area contributed by atoms with Crippen LogP contribution in [0.2, 0.25) is 5.15 Å². The summed E-state index contributed by atoms with van der Waals surface area (Å²) in [6, 6.07) is 5.62. The number of pyridine rings is 1. The van der Waals surface area contributed by atoms with Crippen molar-refractivity contribution in [1.82, 2.24) is 10.3 Å². The van der Waals surface area contributed by atoms with Gasteiger partial charge in [-0.05, 0) is 25.1 Å². The number of amides is 1. The quantitative estimate of drug-likeness (QED) is 0.881. The van der Waals surface area contributed by atoms with Gasteiger partial charge in [-0.15, -0.1) is 0 Å². The molecule has 0 saturated heterocycles. The van der Waals surface area contributed by atoms with E-state index in [0.29, 0.717) is 5.56 Å². The predicted octanol–water partition coefficient (Wildman–Crippen LogP) is 3.50. The van der Waals surface area contributed by atoms with Crippen LogP contribution in [0.1, 0.15) is 28.9 Å². The molecule has 0 fully saturated rings. The summed E-state index contributed by atoms with van der Waals surface area (Å²) in [5.74, 6) is -1.77. The molecule has 0 aliphatic rings. The number of benzene rings is 1. The largest absolute Gasteiger partial charge is 0.345 e. The Hall–Kier alpha value is -2.01. The van der Waals surface area contributed by atoms with Crippen LogP contribution in [0.3, 0.4) is 0 Å². The number of nitrogens with zero attached hydrogens (tertiary/aromatic N) is 1. The summed E-state index contributed by atoms with van der Waals surface area (Å²) in [7, 11) is 0. The number of carbonyl (C=O) groups excluding carboxylic acids is 1. The van der Waals surface area contributed by atoms with E-state index in [4.69, 9.17) is 11.6 Å². The average Bonchev–Trinajstić information content (AvgIpc) is 2.39. The third-order valence-electron chi connectivity index (χ3n) is 2.77. The van der Waals surface area contributed by atoms with Crippen molar-refractivity contribution >= 4 is 17.5 Å². The first kappa shape index (κ1) is 14.4. The summed E-state index contributed by atoms with van der Waals surface area (Å²) in [4.78, 5) is 15.7. The van der Waals surface area contributed by atoms with Crippen molar-refractivity contribution in [2.75, 3.05) is 0 Å². The molecule has 20 heavy (non-hydrogen) atoms. The number of carbonyl (C=O) groups is 1. The number of hydrogen-bond acceptors (Lipinski definition) is 2. The maximum atomic E-state index is 13.6. The second-order valence-corrected chi connectivity index (χ2v) is 4.62. The highest BCUT2D eigenvalue weighted by atomic mass is 35.5. The fraction of sp³-hybridized carbons (Fsp3) is 0.143. The SMILES string of the molecule is C[C@H](NC(=O)c1ccc(Cl)nc1)c1ccc(F)cc1F. The highest BCUT2D eigenvalue weighted by molar-refractivity contribution is 6.29. The molecule has 1 heterocycles. The lowest BCUT2D eigenvalue weighted by atomic mass is 10.1. The van der Waals surface area contributed by atoms with Crippen LogP contribution in [-0.4, -0.2) is 10.9 Å². The van der Waals surface area contributed by atoms with E-state index in [1.54, 1.807) is 6.92 Å². The van der Waals surface area contributed by atoms with Crippen molar-refractivity contribution in [1.29, 1.82) is 0 Å².